The Morgan fingerprint density at radius 1 is 1.58 bits per heavy atom. The zero-order valence-corrected chi connectivity index (χ0v) is 7.25. The predicted octanol–water partition coefficient (Wildman–Crippen LogP) is 0.922. The normalized spacial score (nSPS) is 29.3. The molecular formula is C8H13FO3. The highest BCUT2D eigenvalue weighted by Gasteiger charge is 2.31. The van der Waals surface area contributed by atoms with Gasteiger partial charge in [-0.05, 0) is 0 Å². The van der Waals surface area contributed by atoms with Gasteiger partial charge in [0.05, 0.1) is 19.1 Å². The van der Waals surface area contributed by atoms with Crippen molar-refractivity contribution in [3.8, 4) is 0 Å². The molecule has 0 saturated carbocycles. The molecule has 2 unspecified atom stereocenters. The average molecular weight is 176 g/mol. The van der Waals surface area contributed by atoms with Crippen LogP contribution in [0.25, 0.3) is 0 Å². The second kappa shape index (κ2) is 3.85. The van der Waals surface area contributed by atoms with Gasteiger partial charge in [0.25, 0.3) is 0 Å². The van der Waals surface area contributed by atoms with Crippen LogP contribution in [0.1, 0.15) is 13.8 Å². The van der Waals surface area contributed by atoms with Crippen LogP contribution < -0.4 is 0 Å². The van der Waals surface area contributed by atoms with E-state index in [1.54, 1.807) is 13.8 Å². The SMILES string of the molecule is CC(C)C(=O)OC1COCC1F. The molecule has 0 spiro atoms. The number of hydrogen-bond acceptors (Lipinski definition) is 3. The van der Waals surface area contributed by atoms with Crippen LogP contribution in [0.15, 0.2) is 0 Å². The highest BCUT2D eigenvalue weighted by Crippen LogP contribution is 2.14. The molecule has 1 rings (SSSR count). The Hall–Kier alpha value is -0.640. The summed E-state index contributed by atoms with van der Waals surface area (Å²) in [6.45, 7) is 3.65. The van der Waals surface area contributed by atoms with E-state index in [2.05, 4.69) is 0 Å². The number of hydrogen-bond donors (Lipinski definition) is 0. The van der Waals surface area contributed by atoms with Gasteiger partial charge in [0, 0.05) is 0 Å². The van der Waals surface area contributed by atoms with Gasteiger partial charge in [-0.15, -0.1) is 0 Å². The van der Waals surface area contributed by atoms with Crippen LogP contribution in [-0.4, -0.2) is 31.5 Å². The van der Waals surface area contributed by atoms with Crippen LogP contribution in [0.2, 0.25) is 0 Å². The van der Waals surface area contributed by atoms with Crippen molar-refractivity contribution in [2.45, 2.75) is 26.1 Å². The summed E-state index contributed by atoms with van der Waals surface area (Å²) in [5.74, 6) is -0.578. The first-order valence-electron chi connectivity index (χ1n) is 4.03. The van der Waals surface area contributed by atoms with Crippen molar-refractivity contribution < 1.29 is 18.7 Å². The van der Waals surface area contributed by atoms with E-state index in [4.69, 9.17) is 9.47 Å². The molecule has 1 saturated heterocycles. The van der Waals surface area contributed by atoms with E-state index in [0.717, 1.165) is 0 Å². The summed E-state index contributed by atoms with van der Waals surface area (Å²) in [6.07, 6.45) is -1.85. The van der Waals surface area contributed by atoms with Gasteiger partial charge in [0.15, 0.2) is 12.3 Å². The van der Waals surface area contributed by atoms with Crippen LogP contribution in [-0.2, 0) is 14.3 Å². The van der Waals surface area contributed by atoms with E-state index >= 15 is 0 Å². The number of ether oxygens (including phenoxy) is 2. The quantitative estimate of drug-likeness (QED) is 0.587. The third-order valence-electron chi connectivity index (χ3n) is 1.70. The van der Waals surface area contributed by atoms with E-state index < -0.39 is 12.3 Å². The number of rotatable bonds is 2. The predicted molar refractivity (Wildman–Crippen MR) is 40.4 cm³/mol. The molecule has 0 aliphatic carbocycles. The minimum atomic E-state index is -1.16. The fourth-order valence-electron chi connectivity index (χ4n) is 0.902. The second-order valence-electron chi connectivity index (χ2n) is 3.18. The van der Waals surface area contributed by atoms with E-state index in [1.165, 1.54) is 0 Å². The Morgan fingerprint density at radius 2 is 2.25 bits per heavy atom. The molecule has 3 nitrogen and oxygen atoms in total. The van der Waals surface area contributed by atoms with Gasteiger partial charge in [-0.25, -0.2) is 4.39 Å². The third-order valence-corrected chi connectivity index (χ3v) is 1.70. The first-order chi connectivity index (χ1) is 5.61. The molecule has 12 heavy (non-hydrogen) atoms. The molecule has 2 atom stereocenters. The zero-order valence-electron chi connectivity index (χ0n) is 7.25. The Labute approximate surface area is 70.8 Å². The van der Waals surface area contributed by atoms with Crippen LogP contribution in [0.3, 0.4) is 0 Å². The number of carbonyl (C=O) groups excluding carboxylic acids is 1. The molecule has 0 bridgehead atoms. The first kappa shape index (κ1) is 9.45. The molecule has 70 valence electrons. The summed E-state index contributed by atoms with van der Waals surface area (Å²) in [6, 6.07) is 0. The van der Waals surface area contributed by atoms with Gasteiger partial charge < -0.3 is 9.47 Å². The lowest BCUT2D eigenvalue weighted by Crippen LogP contribution is -2.28. The lowest BCUT2D eigenvalue weighted by molar-refractivity contribution is -0.154. The van der Waals surface area contributed by atoms with Gasteiger partial charge in [-0.1, -0.05) is 13.8 Å². The monoisotopic (exact) mass is 176 g/mol. The van der Waals surface area contributed by atoms with Gasteiger partial charge in [0.2, 0.25) is 0 Å². The fraction of sp³-hybridized carbons (Fsp3) is 0.875. The molecule has 0 aromatic heterocycles. The zero-order chi connectivity index (χ0) is 9.14. The highest BCUT2D eigenvalue weighted by molar-refractivity contribution is 5.71. The van der Waals surface area contributed by atoms with Gasteiger partial charge in [-0.2, -0.15) is 0 Å². The maximum Gasteiger partial charge on any atom is 0.308 e. The number of carbonyl (C=O) groups is 1. The summed E-state index contributed by atoms with van der Waals surface area (Å²) in [7, 11) is 0. The topological polar surface area (TPSA) is 35.5 Å². The second-order valence-corrected chi connectivity index (χ2v) is 3.18. The smallest absolute Gasteiger partial charge is 0.308 e. The minimum absolute atomic E-state index is 0.0377. The molecule has 0 N–H and O–H groups in total. The molecule has 1 aliphatic rings. The van der Waals surface area contributed by atoms with Crippen molar-refractivity contribution in [1.82, 2.24) is 0 Å². The molecule has 0 radical (unpaired) electrons. The molecule has 0 amide bonds. The summed E-state index contributed by atoms with van der Waals surface area (Å²) in [4.78, 5) is 11.0. The summed E-state index contributed by atoms with van der Waals surface area (Å²) >= 11 is 0. The Kier molecular flexibility index (Phi) is 3.03. The molecule has 1 heterocycles. The number of alkyl halides is 1. The van der Waals surface area contributed by atoms with Crippen molar-refractivity contribution in [1.29, 1.82) is 0 Å². The van der Waals surface area contributed by atoms with Crippen molar-refractivity contribution >= 4 is 5.97 Å². The first-order valence-corrected chi connectivity index (χ1v) is 4.03. The lowest BCUT2D eigenvalue weighted by atomic mass is 10.2. The van der Waals surface area contributed by atoms with Crippen LogP contribution in [0.5, 0.6) is 0 Å². The van der Waals surface area contributed by atoms with E-state index in [-0.39, 0.29) is 25.1 Å². The molecular weight excluding hydrogens is 163 g/mol. The Morgan fingerprint density at radius 3 is 2.67 bits per heavy atom. The third kappa shape index (κ3) is 2.17. The molecule has 1 fully saturated rings. The fourth-order valence-corrected chi connectivity index (χ4v) is 0.902. The lowest BCUT2D eigenvalue weighted by Gasteiger charge is -2.13. The van der Waals surface area contributed by atoms with Crippen molar-refractivity contribution in [2.24, 2.45) is 5.92 Å². The molecule has 1 aliphatic heterocycles. The van der Waals surface area contributed by atoms with Gasteiger partial charge >= 0.3 is 5.97 Å². The minimum Gasteiger partial charge on any atom is -0.456 e. The Balaban J connectivity index is 2.35. The largest absolute Gasteiger partial charge is 0.456 e. The van der Waals surface area contributed by atoms with E-state index in [1.807, 2.05) is 0 Å². The van der Waals surface area contributed by atoms with Crippen LogP contribution >= 0.6 is 0 Å². The number of halogens is 1. The maximum atomic E-state index is 12.8. The van der Waals surface area contributed by atoms with Crippen molar-refractivity contribution in [3.05, 3.63) is 0 Å². The van der Waals surface area contributed by atoms with Crippen LogP contribution in [0, 0.1) is 5.92 Å². The number of esters is 1. The van der Waals surface area contributed by atoms with Crippen LogP contribution in [0.4, 0.5) is 4.39 Å². The maximum absolute atomic E-state index is 12.8. The van der Waals surface area contributed by atoms with E-state index in [0.29, 0.717) is 0 Å². The van der Waals surface area contributed by atoms with Crippen molar-refractivity contribution in [3.63, 3.8) is 0 Å². The van der Waals surface area contributed by atoms with E-state index in [9.17, 15) is 9.18 Å². The molecule has 4 heteroatoms. The summed E-state index contributed by atoms with van der Waals surface area (Å²) in [5.41, 5.74) is 0. The van der Waals surface area contributed by atoms with Gasteiger partial charge in [-0.3, -0.25) is 4.79 Å². The summed E-state index contributed by atoms with van der Waals surface area (Å²) < 4.78 is 22.5. The average Bonchev–Trinajstić information content (AvgIpc) is 2.36. The summed E-state index contributed by atoms with van der Waals surface area (Å²) in [5, 5.41) is 0. The standard InChI is InChI=1S/C8H13FO3/c1-5(2)8(10)12-7-4-11-3-6(7)9/h5-7H,3-4H2,1-2H3. The van der Waals surface area contributed by atoms with Gasteiger partial charge in [0.1, 0.15) is 0 Å². The molecule has 0 aromatic carbocycles. The highest BCUT2D eigenvalue weighted by atomic mass is 19.1. The Bertz CT molecular complexity index is 170. The van der Waals surface area contributed by atoms with Crippen molar-refractivity contribution in [2.75, 3.05) is 13.2 Å². The molecule has 0 aromatic rings.